The first-order chi connectivity index (χ1) is 8.19. The summed E-state index contributed by atoms with van der Waals surface area (Å²) in [7, 11) is 0. The van der Waals surface area contributed by atoms with E-state index in [-0.39, 0.29) is 5.63 Å². The molecule has 1 heterocycles. The Labute approximate surface area is 103 Å². The average molecular weight is 234 g/mol. The Morgan fingerprint density at radius 3 is 2.24 bits per heavy atom. The predicted molar refractivity (Wildman–Crippen MR) is 74.5 cm³/mol. The maximum Gasteiger partial charge on any atom is 0.336 e. The van der Waals surface area contributed by atoms with Crippen molar-refractivity contribution in [1.82, 2.24) is 0 Å². The van der Waals surface area contributed by atoms with Gasteiger partial charge in [-0.1, -0.05) is 52.3 Å². The maximum absolute atomic E-state index is 10.9. The minimum absolute atomic E-state index is 0.286. The number of hydrogen-bond donors (Lipinski definition) is 0. The third kappa shape index (κ3) is 4.85. The van der Waals surface area contributed by atoms with Crippen LogP contribution in [0.5, 0.6) is 0 Å². The fourth-order valence-electron chi connectivity index (χ4n) is 1.27. The Balaban J connectivity index is 0.000000450. The van der Waals surface area contributed by atoms with Gasteiger partial charge in [-0.2, -0.15) is 0 Å². The first-order valence-electron chi connectivity index (χ1n) is 6.18. The first kappa shape index (κ1) is 15.4. The summed E-state index contributed by atoms with van der Waals surface area (Å²) in [5.41, 5.74) is 1.33. The second-order valence-corrected chi connectivity index (χ2v) is 3.45. The lowest BCUT2D eigenvalue weighted by atomic mass is 10.1. The number of hydrogen-bond acceptors (Lipinski definition) is 2. The van der Waals surface area contributed by atoms with Gasteiger partial charge in [0, 0.05) is 11.5 Å². The van der Waals surface area contributed by atoms with Crippen LogP contribution in [0.4, 0.5) is 0 Å². The molecule has 0 spiro atoms. The summed E-state index contributed by atoms with van der Waals surface area (Å²) in [6.45, 7) is 10.2. The SMILES string of the molecule is CC.CCC.Cc1cc(=O)oc2ccccc12. The molecule has 0 saturated carbocycles. The Hall–Kier alpha value is -1.57. The van der Waals surface area contributed by atoms with E-state index in [1.807, 2.05) is 39.0 Å². The Morgan fingerprint density at radius 2 is 1.65 bits per heavy atom. The summed E-state index contributed by atoms with van der Waals surface area (Å²) in [6.07, 6.45) is 1.25. The molecule has 0 bridgehead atoms. The first-order valence-corrected chi connectivity index (χ1v) is 6.18. The molecule has 2 nitrogen and oxygen atoms in total. The lowest BCUT2D eigenvalue weighted by molar-refractivity contribution is 0.560. The molecule has 2 rings (SSSR count). The van der Waals surface area contributed by atoms with Crippen LogP contribution in [0.3, 0.4) is 0 Å². The molecule has 0 N–H and O–H groups in total. The highest BCUT2D eigenvalue weighted by atomic mass is 16.4. The molecule has 0 radical (unpaired) electrons. The van der Waals surface area contributed by atoms with E-state index in [9.17, 15) is 4.79 Å². The molecule has 2 aromatic rings. The summed E-state index contributed by atoms with van der Waals surface area (Å²) in [5, 5.41) is 0.997. The standard InChI is InChI=1S/C10H8O2.C3H8.C2H6/c1-7-6-10(11)12-9-5-3-2-4-8(7)9;1-3-2;1-2/h2-6H,1H3;3H2,1-2H3;1-2H3. The monoisotopic (exact) mass is 234 g/mol. The molecule has 1 aromatic carbocycles. The fourth-order valence-corrected chi connectivity index (χ4v) is 1.27. The van der Waals surface area contributed by atoms with Gasteiger partial charge in [0.1, 0.15) is 5.58 Å². The molecule has 1 aromatic heterocycles. The zero-order valence-corrected chi connectivity index (χ0v) is 11.4. The van der Waals surface area contributed by atoms with Gasteiger partial charge in [0.2, 0.25) is 0 Å². The van der Waals surface area contributed by atoms with E-state index < -0.39 is 0 Å². The minimum atomic E-state index is -0.286. The topological polar surface area (TPSA) is 30.2 Å². The molecular weight excluding hydrogens is 212 g/mol. The van der Waals surface area contributed by atoms with Gasteiger partial charge in [-0.05, 0) is 18.6 Å². The normalized spacial score (nSPS) is 8.76. The summed E-state index contributed by atoms with van der Waals surface area (Å²) in [6, 6.07) is 9.01. The molecule has 0 unspecified atom stereocenters. The van der Waals surface area contributed by atoms with Crippen molar-refractivity contribution >= 4 is 11.0 Å². The third-order valence-corrected chi connectivity index (χ3v) is 1.86. The van der Waals surface area contributed by atoms with Gasteiger partial charge in [0.05, 0.1) is 0 Å². The molecule has 17 heavy (non-hydrogen) atoms. The van der Waals surface area contributed by atoms with Crippen LogP contribution in [0.25, 0.3) is 11.0 Å². The van der Waals surface area contributed by atoms with Crippen LogP contribution in [-0.2, 0) is 0 Å². The Morgan fingerprint density at radius 1 is 1.12 bits per heavy atom. The second kappa shape index (κ2) is 8.57. The summed E-state index contributed by atoms with van der Waals surface area (Å²) >= 11 is 0. The van der Waals surface area contributed by atoms with Gasteiger partial charge in [0.15, 0.2) is 0 Å². The van der Waals surface area contributed by atoms with Gasteiger partial charge in [-0.15, -0.1) is 0 Å². The number of fused-ring (bicyclic) bond motifs is 1. The van der Waals surface area contributed by atoms with Crippen LogP contribution < -0.4 is 5.63 Å². The van der Waals surface area contributed by atoms with E-state index >= 15 is 0 Å². The fraction of sp³-hybridized carbons (Fsp3) is 0.400. The third-order valence-electron chi connectivity index (χ3n) is 1.86. The van der Waals surface area contributed by atoms with Gasteiger partial charge in [-0.25, -0.2) is 4.79 Å². The Kier molecular flexibility index (Phi) is 7.78. The van der Waals surface area contributed by atoms with Crippen molar-refractivity contribution in [2.45, 2.75) is 41.0 Å². The highest BCUT2D eigenvalue weighted by Crippen LogP contribution is 2.14. The number of para-hydroxylation sites is 1. The van der Waals surface area contributed by atoms with E-state index in [0.717, 1.165) is 10.9 Å². The van der Waals surface area contributed by atoms with Gasteiger partial charge >= 0.3 is 5.63 Å². The van der Waals surface area contributed by atoms with Crippen LogP contribution in [0.2, 0.25) is 0 Å². The lowest BCUT2D eigenvalue weighted by Crippen LogP contribution is -1.97. The van der Waals surface area contributed by atoms with Crippen molar-refractivity contribution in [1.29, 1.82) is 0 Å². The van der Waals surface area contributed by atoms with E-state index in [2.05, 4.69) is 13.8 Å². The number of rotatable bonds is 0. The molecule has 0 aliphatic carbocycles. The quantitative estimate of drug-likeness (QED) is 0.626. The van der Waals surface area contributed by atoms with Gasteiger partial charge in [0.25, 0.3) is 0 Å². The van der Waals surface area contributed by atoms with Crippen molar-refractivity contribution in [3.05, 3.63) is 46.3 Å². The van der Waals surface area contributed by atoms with Crippen molar-refractivity contribution < 1.29 is 4.42 Å². The zero-order valence-electron chi connectivity index (χ0n) is 11.4. The second-order valence-electron chi connectivity index (χ2n) is 3.45. The van der Waals surface area contributed by atoms with Gasteiger partial charge < -0.3 is 4.42 Å². The molecule has 0 fully saturated rings. The average Bonchev–Trinajstić information content (AvgIpc) is 2.32. The predicted octanol–water partition coefficient (Wildman–Crippen LogP) is 4.54. The van der Waals surface area contributed by atoms with Crippen LogP contribution in [0.15, 0.2) is 39.5 Å². The van der Waals surface area contributed by atoms with Crippen LogP contribution in [0.1, 0.15) is 39.7 Å². The van der Waals surface area contributed by atoms with Crippen LogP contribution >= 0.6 is 0 Å². The summed E-state index contributed by atoms with van der Waals surface area (Å²) in [4.78, 5) is 10.9. The van der Waals surface area contributed by atoms with Crippen LogP contribution in [0, 0.1) is 6.92 Å². The highest BCUT2D eigenvalue weighted by Gasteiger charge is 1.98. The minimum Gasteiger partial charge on any atom is -0.423 e. The van der Waals surface area contributed by atoms with Crippen molar-refractivity contribution in [2.75, 3.05) is 0 Å². The van der Waals surface area contributed by atoms with Gasteiger partial charge in [-0.3, -0.25) is 0 Å². The van der Waals surface area contributed by atoms with E-state index in [4.69, 9.17) is 4.42 Å². The molecule has 0 aliphatic rings. The summed E-state index contributed by atoms with van der Waals surface area (Å²) < 4.78 is 4.99. The molecule has 0 atom stereocenters. The summed E-state index contributed by atoms with van der Waals surface area (Å²) in [5.74, 6) is 0. The van der Waals surface area contributed by atoms with E-state index in [0.29, 0.717) is 5.58 Å². The maximum atomic E-state index is 10.9. The number of benzene rings is 1. The number of aryl methyl sites for hydroxylation is 1. The largest absolute Gasteiger partial charge is 0.423 e. The molecular formula is C15H22O2. The molecule has 2 heteroatoms. The lowest BCUT2D eigenvalue weighted by Gasteiger charge is -1.97. The Bertz CT molecular complexity index is 483. The van der Waals surface area contributed by atoms with Crippen molar-refractivity contribution in [3.63, 3.8) is 0 Å². The van der Waals surface area contributed by atoms with E-state index in [1.165, 1.54) is 12.5 Å². The van der Waals surface area contributed by atoms with E-state index in [1.54, 1.807) is 6.07 Å². The van der Waals surface area contributed by atoms with Crippen molar-refractivity contribution in [2.24, 2.45) is 0 Å². The highest BCUT2D eigenvalue weighted by molar-refractivity contribution is 5.79. The molecule has 94 valence electrons. The molecule has 0 saturated heterocycles. The molecule has 0 amide bonds. The molecule has 0 aliphatic heterocycles. The van der Waals surface area contributed by atoms with Crippen LogP contribution in [-0.4, -0.2) is 0 Å². The van der Waals surface area contributed by atoms with Crippen molar-refractivity contribution in [3.8, 4) is 0 Å². The zero-order chi connectivity index (χ0) is 13.3. The smallest absolute Gasteiger partial charge is 0.336 e.